The SMILES string of the molecule is Cc1cc(C)c(C)[n+](Cc2ccccc2)c1C.Fc1c(F)c(F)c([B-](c2c(F)c(F)c(F)c(F)c2F)(c2c(F)c(F)c(F)c(F)c2F)c2c(F)c(F)c(F)c(F)c2F)c(F)c1F. The molecule has 0 aliphatic carbocycles. The maximum Gasteiger partial charge on any atom is 0.200 e. The fourth-order valence-corrected chi connectivity index (χ4v) is 7.09. The van der Waals surface area contributed by atoms with E-state index in [4.69, 9.17) is 0 Å². The predicted molar refractivity (Wildman–Crippen MR) is 180 cm³/mol. The number of aryl methyl sites for hydroxylation is 2. The summed E-state index contributed by atoms with van der Waals surface area (Å²) < 4.78 is 296. The second-order valence-corrected chi connectivity index (χ2v) is 13.6. The highest BCUT2D eigenvalue weighted by Gasteiger charge is 2.52. The molecule has 0 spiro atoms. The van der Waals surface area contributed by atoms with E-state index in [1.807, 2.05) is 0 Å². The van der Waals surface area contributed by atoms with Crippen LogP contribution in [-0.2, 0) is 6.54 Å². The third kappa shape index (κ3) is 7.09. The number of halogens is 20. The van der Waals surface area contributed by atoms with Gasteiger partial charge in [0.1, 0.15) is 52.7 Å². The Balaban J connectivity index is 0.000000355. The van der Waals surface area contributed by atoms with E-state index in [1.165, 1.54) is 28.1 Å². The van der Waals surface area contributed by atoms with E-state index in [-0.39, 0.29) is 0 Å². The summed E-state index contributed by atoms with van der Waals surface area (Å²) in [6, 6.07) is 12.9. The van der Waals surface area contributed by atoms with Gasteiger partial charge in [-0.3, -0.25) is 0 Å². The standard InChI is InChI=1S/C24BF20.C16H20N/c26-5-1(6(27)14(35)21(42)13(5)34)25(2-7(28)15(36)22(43)16(37)8(2)29,3-9(30)17(38)23(44)18(39)10(3)31)4-11(32)19(40)24(45)20(41)12(4)33;1-12-10-13(2)15(4)17(14(12)3)11-16-8-6-5-7-9-16/h;5-10H,11H2,1-4H3/q-1;+1. The molecule has 1 heterocycles. The van der Waals surface area contributed by atoms with Gasteiger partial charge in [-0.15, -0.1) is 21.9 Å². The molecule has 0 atom stereocenters. The van der Waals surface area contributed by atoms with Gasteiger partial charge in [-0.2, -0.15) is 4.57 Å². The molecule has 0 radical (unpaired) electrons. The van der Waals surface area contributed by atoms with Crippen LogP contribution in [0.5, 0.6) is 0 Å². The van der Waals surface area contributed by atoms with Crippen LogP contribution in [0.25, 0.3) is 0 Å². The molecule has 6 rings (SSSR count). The largest absolute Gasteiger partial charge is 0.207 e. The quantitative estimate of drug-likeness (QED) is 0.0517. The molecule has 0 fully saturated rings. The van der Waals surface area contributed by atoms with Crippen LogP contribution < -0.4 is 26.4 Å². The van der Waals surface area contributed by atoms with E-state index in [0.29, 0.717) is 0 Å². The van der Waals surface area contributed by atoms with Crippen molar-refractivity contribution in [2.75, 3.05) is 0 Å². The molecule has 328 valence electrons. The number of nitrogens with zero attached hydrogens (tertiary/aromatic N) is 1. The second kappa shape index (κ2) is 17.0. The molecular formula is C40H20BF20N. The summed E-state index contributed by atoms with van der Waals surface area (Å²) in [7, 11) is 0. The number of pyridine rings is 1. The zero-order valence-corrected chi connectivity index (χ0v) is 31.3. The van der Waals surface area contributed by atoms with E-state index >= 15 is 35.1 Å². The van der Waals surface area contributed by atoms with Gasteiger partial charge in [0.2, 0.25) is 0 Å². The fourth-order valence-electron chi connectivity index (χ4n) is 7.09. The maximum absolute atomic E-state index is 15.4. The Bertz CT molecular complexity index is 2400. The highest BCUT2D eigenvalue weighted by molar-refractivity contribution is 7.20. The molecule has 1 aromatic heterocycles. The molecule has 0 unspecified atom stereocenters. The lowest BCUT2D eigenvalue weighted by Gasteiger charge is -2.44. The number of hydrogen-bond donors (Lipinski definition) is 0. The van der Waals surface area contributed by atoms with E-state index < -0.39 is 144 Å². The minimum Gasteiger partial charge on any atom is -0.207 e. The average Bonchev–Trinajstić information content (AvgIpc) is 3.24. The van der Waals surface area contributed by atoms with E-state index in [1.54, 1.807) is 0 Å². The van der Waals surface area contributed by atoms with Gasteiger partial charge in [0.05, 0.1) is 0 Å². The van der Waals surface area contributed by atoms with Gasteiger partial charge >= 0.3 is 0 Å². The van der Waals surface area contributed by atoms with Crippen LogP contribution in [0, 0.1) is 144 Å². The molecule has 0 aliphatic heterocycles. The molecule has 6 aromatic rings. The predicted octanol–water partition coefficient (Wildman–Crippen LogP) is 9.10. The van der Waals surface area contributed by atoms with Crippen LogP contribution in [0.15, 0.2) is 36.4 Å². The first-order valence-electron chi connectivity index (χ1n) is 17.0. The molecule has 22 heteroatoms. The van der Waals surface area contributed by atoms with Gasteiger partial charge in [0, 0.05) is 30.5 Å². The Morgan fingerprint density at radius 1 is 0.323 bits per heavy atom. The molecule has 0 bridgehead atoms. The molecular weight excluding hydrogens is 885 g/mol. The zero-order valence-electron chi connectivity index (χ0n) is 31.3. The van der Waals surface area contributed by atoms with Crippen LogP contribution in [0.4, 0.5) is 87.8 Å². The van der Waals surface area contributed by atoms with E-state index in [2.05, 4.69) is 68.7 Å². The number of benzene rings is 5. The van der Waals surface area contributed by atoms with Crippen molar-refractivity contribution >= 4 is 28.0 Å². The van der Waals surface area contributed by atoms with Gasteiger partial charge in [0.25, 0.3) is 0 Å². The smallest absolute Gasteiger partial charge is 0.200 e. The molecule has 0 N–H and O–H groups in total. The van der Waals surface area contributed by atoms with Crippen LogP contribution >= 0.6 is 0 Å². The zero-order chi connectivity index (χ0) is 46.8. The van der Waals surface area contributed by atoms with E-state index in [0.717, 1.165) is 6.54 Å². The summed E-state index contributed by atoms with van der Waals surface area (Å²) in [5, 5.41) is 0. The molecule has 1 nitrogen and oxygen atoms in total. The Morgan fingerprint density at radius 2 is 0.532 bits per heavy atom. The van der Waals surface area contributed by atoms with Gasteiger partial charge < -0.3 is 0 Å². The minimum atomic E-state index is -7.22. The Labute approximate surface area is 335 Å². The lowest BCUT2D eigenvalue weighted by Crippen LogP contribution is -2.81. The minimum absolute atomic E-state index is 0.959. The summed E-state index contributed by atoms with van der Waals surface area (Å²) in [6.45, 7) is 9.73. The van der Waals surface area contributed by atoms with Gasteiger partial charge in [-0.05, 0) is 19.9 Å². The van der Waals surface area contributed by atoms with Crippen molar-refractivity contribution in [2.24, 2.45) is 0 Å². The molecule has 0 aliphatic rings. The average molecular weight is 905 g/mol. The molecule has 0 amide bonds. The van der Waals surface area contributed by atoms with Crippen molar-refractivity contribution in [3.63, 3.8) is 0 Å². The van der Waals surface area contributed by atoms with Crippen LogP contribution in [0.2, 0.25) is 0 Å². The summed E-state index contributed by atoms with van der Waals surface area (Å²) in [5.74, 6) is -71.4. The van der Waals surface area contributed by atoms with Crippen LogP contribution in [0.3, 0.4) is 0 Å². The second-order valence-electron chi connectivity index (χ2n) is 13.6. The first-order chi connectivity index (χ1) is 28.8. The monoisotopic (exact) mass is 905 g/mol. The van der Waals surface area contributed by atoms with Crippen molar-refractivity contribution in [1.82, 2.24) is 0 Å². The van der Waals surface area contributed by atoms with Gasteiger partial charge in [0.15, 0.2) is 87.7 Å². The van der Waals surface area contributed by atoms with Crippen molar-refractivity contribution in [3.8, 4) is 0 Å². The molecule has 0 saturated carbocycles. The van der Waals surface area contributed by atoms with Crippen LogP contribution in [0.1, 0.15) is 28.1 Å². The summed E-state index contributed by atoms with van der Waals surface area (Å²) in [6.07, 6.45) is -7.22. The summed E-state index contributed by atoms with van der Waals surface area (Å²) in [5.41, 5.74) is -7.53. The third-order valence-electron chi connectivity index (χ3n) is 10.3. The highest BCUT2D eigenvalue weighted by atomic mass is 19.2. The summed E-state index contributed by atoms with van der Waals surface area (Å²) >= 11 is 0. The highest BCUT2D eigenvalue weighted by Crippen LogP contribution is 2.31. The van der Waals surface area contributed by atoms with Crippen molar-refractivity contribution in [1.29, 1.82) is 0 Å². The first-order valence-corrected chi connectivity index (χ1v) is 17.0. The number of hydrogen-bond acceptors (Lipinski definition) is 0. The van der Waals surface area contributed by atoms with Crippen molar-refractivity contribution < 1.29 is 92.4 Å². The lowest BCUT2D eigenvalue weighted by molar-refractivity contribution is -0.700. The molecule has 0 saturated heterocycles. The maximum atomic E-state index is 15.4. The van der Waals surface area contributed by atoms with Crippen LogP contribution in [-0.4, -0.2) is 6.15 Å². The molecule has 5 aromatic carbocycles. The number of aromatic nitrogens is 1. The lowest BCUT2D eigenvalue weighted by atomic mass is 9.12. The van der Waals surface area contributed by atoms with Crippen molar-refractivity contribution in [3.05, 3.63) is 181 Å². The molecule has 62 heavy (non-hydrogen) atoms. The topological polar surface area (TPSA) is 3.88 Å². The first kappa shape index (κ1) is 47.0. The fraction of sp³-hybridized carbons (Fsp3) is 0.125. The summed E-state index contributed by atoms with van der Waals surface area (Å²) in [4.78, 5) is 0. The van der Waals surface area contributed by atoms with Gasteiger partial charge in [-0.25, -0.2) is 87.8 Å². The van der Waals surface area contributed by atoms with Crippen molar-refractivity contribution in [2.45, 2.75) is 34.2 Å². The Morgan fingerprint density at radius 3 is 0.758 bits per heavy atom. The number of rotatable bonds is 6. The third-order valence-corrected chi connectivity index (χ3v) is 10.3. The van der Waals surface area contributed by atoms with Gasteiger partial charge in [-0.1, -0.05) is 30.3 Å². The van der Waals surface area contributed by atoms with E-state index in [9.17, 15) is 52.7 Å². The normalized spacial score (nSPS) is 11.6. The Hall–Kier alpha value is -6.09. The Kier molecular flexibility index (Phi) is 12.9.